The van der Waals surface area contributed by atoms with Gasteiger partial charge in [-0.3, -0.25) is 4.90 Å². The van der Waals surface area contributed by atoms with Crippen LogP contribution in [-0.4, -0.2) is 36.6 Å². The normalized spacial score (nSPS) is 17.2. The van der Waals surface area contributed by atoms with Gasteiger partial charge in [-0.2, -0.15) is 5.26 Å². The maximum absolute atomic E-state index is 13.8. The van der Waals surface area contributed by atoms with Gasteiger partial charge in [-0.15, -0.1) is 0 Å². The number of methoxy groups -OCH3 is 1. The first-order valence-electron chi connectivity index (χ1n) is 8.32. The van der Waals surface area contributed by atoms with E-state index in [4.69, 9.17) is 10.00 Å². The van der Waals surface area contributed by atoms with E-state index < -0.39 is 0 Å². The molecule has 2 heterocycles. The maximum Gasteiger partial charge on any atom is 0.165 e. The Hall–Kier alpha value is -2.65. The highest BCUT2D eigenvalue weighted by Gasteiger charge is 2.22. The van der Waals surface area contributed by atoms with Crippen LogP contribution in [0.4, 0.5) is 10.2 Å². The lowest BCUT2D eigenvalue weighted by Crippen LogP contribution is -2.22. The number of rotatable bonds is 6. The third-order valence-corrected chi connectivity index (χ3v) is 4.46. The number of halogens is 1. The minimum atomic E-state index is -0.315. The molecular weight excluding hydrogens is 319 g/mol. The summed E-state index contributed by atoms with van der Waals surface area (Å²) >= 11 is 0. The zero-order chi connectivity index (χ0) is 17.6. The molecule has 130 valence electrons. The predicted molar refractivity (Wildman–Crippen MR) is 93.8 cm³/mol. The fraction of sp³-hybridized carbons (Fsp3) is 0.368. The molecule has 0 unspecified atom stereocenters. The van der Waals surface area contributed by atoms with Gasteiger partial charge in [0, 0.05) is 25.8 Å². The van der Waals surface area contributed by atoms with Crippen LogP contribution in [0.3, 0.4) is 0 Å². The van der Waals surface area contributed by atoms with E-state index in [-0.39, 0.29) is 11.6 Å². The van der Waals surface area contributed by atoms with Crippen LogP contribution in [0, 0.1) is 23.1 Å². The lowest BCUT2D eigenvalue weighted by Gasteiger charge is -2.17. The number of nitriles is 1. The van der Waals surface area contributed by atoms with Crippen molar-refractivity contribution in [3.05, 3.63) is 53.5 Å². The van der Waals surface area contributed by atoms with Crippen molar-refractivity contribution < 1.29 is 9.13 Å². The molecule has 3 rings (SSSR count). The highest BCUT2D eigenvalue weighted by molar-refractivity contribution is 5.39. The molecule has 1 N–H and O–H groups in total. The second-order valence-corrected chi connectivity index (χ2v) is 6.28. The summed E-state index contributed by atoms with van der Waals surface area (Å²) in [6.07, 6.45) is 2.67. The number of likely N-dealkylation sites (tertiary alicyclic amines) is 1. The molecular formula is C19H21FN4O. The fourth-order valence-corrected chi connectivity index (χ4v) is 3.10. The van der Waals surface area contributed by atoms with E-state index in [1.807, 2.05) is 12.1 Å². The highest BCUT2D eigenvalue weighted by Crippen LogP contribution is 2.22. The van der Waals surface area contributed by atoms with Crippen LogP contribution in [0.2, 0.25) is 0 Å². The molecule has 0 radical (unpaired) electrons. The van der Waals surface area contributed by atoms with Crippen molar-refractivity contribution in [1.82, 2.24) is 9.88 Å². The van der Waals surface area contributed by atoms with Gasteiger partial charge in [-0.1, -0.05) is 6.07 Å². The Labute approximate surface area is 147 Å². The molecule has 6 heteroatoms. The molecule has 1 fully saturated rings. The zero-order valence-electron chi connectivity index (χ0n) is 14.2. The predicted octanol–water partition coefficient (Wildman–Crippen LogP) is 3.03. The molecule has 0 spiro atoms. The fourth-order valence-electron chi connectivity index (χ4n) is 3.10. The minimum Gasteiger partial charge on any atom is -0.494 e. The average Bonchev–Trinajstić information content (AvgIpc) is 3.08. The standard InChI is InChI=1S/C19H21FN4O/c1-25-18-4-2-14(8-17(18)20)12-24-7-6-16(13-24)11-23-19-5-3-15(9-21)10-22-19/h2-5,8,10,16H,6-7,11-13H2,1H3,(H,22,23)/t16-/m0/s1. The topological polar surface area (TPSA) is 61.2 Å². The van der Waals surface area contributed by atoms with Crippen LogP contribution < -0.4 is 10.1 Å². The van der Waals surface area contributed by atoms with Gasteiger partial charge in [0.15, 0.2) is 11.6 Å². The molecule has 1 aromatic carbocycles. The number of anilines is 1. The summed E-state index contributed by atoms with van der Waals surface area (Å²) in [5, 5.41) is 12.1. The molecule has 1 atom stereocenters. The van der Waals surface area contributed by atoms with Crippen LogP contribution >= 0.6 is 0 Å². The monoisotopic (exact) mass is 340 g/mol. The summed E-state index contributed by atoms with van der Waals surface area (Å²) < 4.78 is 18.7. The van der Waals surface area contributed by atoms with E-state index in [0.717, 1.165) is 44.0 Å². The molecule has 0 bridgehead atoms. The SMILES string of the molecule is COc1ccc(CN2CC[C@@H](CNc3ccc(C#N)cn3)C2)cc1F. The summed E-state index contributed by atoms with van der Waals surface area (Å²) in [6, 6.07) is 10.8. The summed E-state index contributed by atoms with van der Waals surface area (Å²) in [5.74, 6) is 1.28. The van der Waals surface area contributed by atoms with Crippen LogP contribution in [0.25, 0.3) is 0 Å². The average molecular weight is 340 g/mol. The molecule has 0 saturated carbocycles. The van der Waals surface area contributed by atoms with Gasteiger partial charge < -0.3 is 10.1 Å². The van der Waals surface area contributed by atoms with Crippen molar-refractivity contribution in [1.29, 1.82) is 5.26 Å². The first-order valence-corrected chi connectivity index (χ1v) is 8.32. The van der Waals surface area contributed by atoms with E-state index >= 15 is 0 Å². The van der Waals surface area contributed by atoms with Gasteiger partial charge in [0.25, 0.3) is 0 Å². The number of nitrogens with one attached hydrogen (secondary N) is 1. The minimum absolute atomic E-state index is 0.280. The van der Waals surface area contributed by atoms with Crippen LogP contribution in [0.1, 0.15) is 17.5 Å². The largest absolute Gasteiger partial charge is 0.494 e. The Balaban J connectivity index is 1.48. The van der Waals surface area contributed by atoms with Gasteiger partial charge in [-0.25, -0.2) is 9.37 Å². The van der Waals surface area contributed by atoms with Gasteiger partial charge in [0.1, 0.15) is 11.9 Å². The van der Waals surface area contributed by atoms with Crippen molar-refractivity contribution in [3.8, 4) is 11.8 Å². The van der Waals surface area contributed by atoms with E-state index in [1.165, 1.54) is 7.11 Å². The molecule has 0 amide bonds. The molecule has 5 nitrogen and oxygen atoms in total. The van der Waals surface area contributed by atoms with Gasteiger partial charge in [0.2, 0.25) is 0 Å². The summed E-state index contributed by atoms with van der Waals surface area (Å²) in [5.41, 5.74) is 1.52. The third kappa shape index (κ3) is 4.46. The molecule has 1 aliphatic rings. The number of ether oxygens (including phenoxy) is 1. The quantitative estimate of drug-likeness (QED) is 0.876. The molecule has 2 aromatic rings. The van der Waals surface area contributed by atoms with E-state index in [9.17, 15) is 4.39 Å². The van der Waals surface area contributed by atoms with Gasteiger partial charge >= 0.3 is 0 Å². The second-order valence-electron chi connectivity index (χ2n) is 6.28. The lowest BCUT2D eigenvalue weighted by atomic mass is 10.1. The molecule has 1 aromatic heterocycles. The second kappa shape index (κ2) is 7.95. The maximum atomic E-state index is 13.8. The van der Waals surface area contributed by atoms with Gasteiger partial charge in [0.05, 0.1) is 12.7 Å². The third-order valence-electron chi connectivity index (χ3n) is 4.46. The number of aromatic nitrogens is 1. The van der Waals surface area contributed by atoms with Gasteiger partial charge in [-0.05, 0) is 48.7 Å². The summed E-state index contributed by atoms with van der Waals surface area (Å²) in [7, 11) is 1.47. The first kappa shape index (κ1) is 17.2. The summed E-state index contributed by atoms with van der Waals surface area (Å²) in [6.45, 7) is 3.55. The summed E-state index contributed by atoms with van der Waals surface area (Å²) in [4.78, 5) is 6.56. The number of pyridine rings is 1. The first-order chi connectivity index (χ1) is 12.2. The number of hydrogen-bond acceptors (Lipinski definition) is 5. The Kier molecular flexibility index (Phi) is 5.46. The zero-order valence-corrected chi connectivity index (χ0v) is 14.2. The van der Waals surface area contributed by atoms with Crippen LogP contribution in [0.5, 0.6) is 5.75 Å². The Morgan fingerprint density at radius 3 is 2.96 bits per heavy atom. The van der Waals surface area contributed by atoms with Crippen molar-refractivity contribution in [2.45, 2.75) is 13.0 Å². The van der Waals surface area contributed by atoms with Crippen molar-refractivity contribution >= 4 is 5.82 Å². The van der Waals surface area contributed by atoms with E-state index in [0.29, 0.717) is 11.5 Å². The Bertz CT molecular complexity index is 757. The van der Waals surface area contributed by atoms with Crippen molar-refractivity contribution in [2.24, 2.45) is 5.92 Å². The van der Waals surface area contributed by atoms with Crippen LogP contribution in [0.15, 0.2) is 36.5 Å². The smallest absolute Gasteiger partial charge is 0.165 e. The number of nitrogens with zero attached hydrogens (tertiary/aromatic N) is 3. The van der Waals surface area contributed by atoms with Crippen molar-refractivity contribution in [3.63, 3.8) is 0 Å². The molecule has 25 heavy (non-hydrogen) atoms. The van der Waals surface area contributed by atoms with Crippen LogP contribution in [-0.2, 0) is 6.54 Å². The Morgan fingerprint density at radius 1 is 1.40 bits per heavy atom. The number of hydrogen-bond donors (Lipinski definition) is 1. The molecule has 0 aliphatic carbocycles. The Morgan fingerprint density at radius 2 is 2.28 bits per heavy atom. The van der Waals surface area contributed by atoms with E-state index in [2.05, 4.69) is 21.3 Å². The molecule has 1 aliphatic heterocycles. The highest BCUT2D eigenvalue weighted by atomic mass is 19.1. The lowest BCUT2D eigenvalue weighted by molar-refractivity contribution is 0.317. The van der Waals surface area contributed by atoms with E-state index in [1.54, 1.807) is 24.4 Å². The number of benzene rings is 1. The van der Waals surface area contributed by atoms with Crippen molar-refractivity contribution in [2.75, 3.05) is 32.1 Å². The molecule has 1 saturated heterocycles.